The van der Waals surface area contributed by atoms with Crippen LogP contribution in [-0.2, 0) is 11.2 Å². The molecule has 4 heteroatoms. The van der Waals surface area contributed by atoms with Crippen LogP contribution in [0.5, 0.6) is 11.5 Å². The molecule has 0 aliphatic carbocycles. The van der Waals surface area contributed by atoms with Crippen LogP contribution in [0.15, 0.2) is 11.6 Å². The lowest BCUT2D eigenvalue weighted by Crippen LogP contribution is -2.20. The molecule has 0 radical (unpaired) electrons. The SMILES string of the molecule is COc1c(C)c(C)c(OC)c(C/C=C(\C)CCCCNC(C)=O)c1C. The molecule has 0 fully saturated rings. The lowest BCUT2D eigenvalue weighted by Gasteiger charge is -2.20. The molecule has 0 bridgehead atoms. The second-order valence-electron chi connectivity index (χ2n) is 6.61. The molecule has 0 aromatic heterocycles. The smallest absolute Gasteiger partial charge is 0.216 e. The third-order valence-corrected chi connectivity index (χ3v) is 4.75. The highest BCUT2D eigenvalue weighted by molar-refractivity contribution is 5.72. The van der Waals surface area contributed by atoms with Crippen molar-refractivity contribution >= 4 is 5.91 Å². The van der Waals surface area contributed by atoms with E-state index in [2.05, 4.69) is 39.1 Å². The summed E-state index contributed by atoms with van der Waals surface area (Å²) in [6.07, 6.45) is 6.24. The summed E-state index contributed by atoms with van der Waals surface area (Å²) in [6.45, 7) is 10.7. The molecule has 1 amide bonds. The zero-order valence-electron chi connectivity index (χ0n) is 16.8. The van der Waals surface area contributed by atoms with Crippen molar-refractivity contribution in [1.82, 2.24) is 5.32 Å². The lowest BCUT2D eigenvalue weighted by atomic mass is 9.94. The fourth-order valence-electron chi connectivity index (χ4n) is 3.16. The number of allylic oxidation sites excluding steroid dienone is 2. The van der Waals surface area contributed by atoms with Gasteiger partial charge >= 0.3 is 0 Å². The number of methoxy groups -OCH3 is 2. The number of benzene rings is 1. The van der Waals surface area contributed by atoms with E-state index in [-0.39, 0.29) is 5.91 Å². The van der Waals surface area contributed by atoms with Gasteiger partial charge in [-0.2, -0.15) is 0 Å². The average Bonchev–Trinajstić information content (AvgIpc) is 2.56. The third-order valence-electron chi connectivity index (χ3n) is 4.75. The number of unbranched alkanes of at least 4 members (excludes halogenated alkanes) is 1. The fraction of sp³-hybridized carbons (Fsp3) is 0.571. The molecule has 1 rings (SSSR count). The normalized spacial score (nSPS) is 11.4. The highest BCUT2D eigenvalue weighted by Crippen LogP contribution is 2.38. The number of hydrogen-bond donors (Lipinski definition) is 1. The summed E-state index contributed by atoms with van der Waals surface area (Å²) in [4.78, 5) is 10.9. The second kappa shape index (κ2) is 10.1. The van der Waals surface area contributed by atoms with Crippen LogP contribution in [0, 0.1) is 20.8 Å². The first-order valence-corrected chi connectivity index (χ1v) is 8.94. The van der Waals surface area contributed by atoms with Crippen LogP contribution < -0.4 is 14.8 Å². The number of hydrogen-bond acceptors (Lipinski definition) is 3. The van der Waals surface area contributed by atoms with E-state index >= 15 is 0 Å². The Morgan fingerprint density at radius 3 is 2.12 bits per heavy atom. The molecular weight excluding hydrogens is 314 g/mol. The summed E-state index contributed by atoms with van der Waals surface area (Å²) in [5.41, 5.74) is 5.99. The van der Waals surface area contributed by atoms with Crippen molar-refractivity contribution in [2.45, 2.75) is 60.3 Å². The van der Waals surface area contributed by atoms with Crippen molar-refractivity contribution in [2.75, 3.05) is 20.8 Å². The van der Waals surface area contributed by atoms with Crippen LogP contribution in [0.4, 0.5) is 0 Å². The quantitative estimate of drug-likeness (QED) is 0.531. The standard InChI is InChI=1S/C21H33NO3/c1-14(10-8-9-13-22-18(5)23)11-12-19-17(4)20(24-6)15(2)16(3)21(19)25-7/h11H,8-10,12-13H2,1-7H3,(H,22,23)/b14-11+. The molecule has 0 spiro atoms. The Kier molecular flexibility index (Phi) is 8.53. The van der Waals surface area contributed by atoms with Gasteiger partial charge in [0, 0.05) is 19.0 Å². The first kappa shape index (κ1) is 21.1. The minimum atomic E-state index is 0.0403. The molecule has 25 heavy (non-hydrogen) atoms. The molecule has 1 aromatic rings. The minimum absolute atomic E-state index is 0.0403. The van der Waals surface area contributed by atoms with Crippen molar-refractivity contribution < 1.29 is 14.3 Å². The van der Waals surface area contributed by atoms with Gasteiger partial charge in [0.2, 0.25) is 5.91 Å². The number of ether oxygens (including phenoxy) is 2. The van der Waals surface area contributed by atoms with Gasteiger partial charge in [-0.15, -0.1) is 0 Å². The maximum Gasteiger partial charge on any atom is 0.216 e. The van der Waals surface area contributed by atoms with E-state index in [0.717, 1.165) is 60.4 Å². The zero-order valence-corrected chi connectivity index (χ0v) is 16.8. The van der Waals surface area contributed by atoms with E-state index in [1.165, 1.54) is 11.1 Å². The van der Waals surface area contributed by atoms with Gasteiger partial charge < -0.3 is 14.8 Å². The maximum absolute atomic E-state index is 10.9. The lowest BCUT2D eigenvalue weighted by molar-refractivity contribution is -0.118. The van der Waals surface area contributed by atoms with E-state index in [1.807, 2.05) is 0 Å². The Morgan fingerprint density at radius 2 is 1.56 bits per heavy atom. The van der Waals surface area contributed by atoms with Crippen molar-refractivity contribution in [3.63, 3.8) is 0 Å². The van der Waals surface area contributed by atoms with Crippen LogP contribution >= 0.6 is 0 Å². The summed E-state index contributed by atoms with van der Waals surface area (Å²) >= 11 is 0. The number of carbonyl (C=O) groups excluding carboxylic acids is 1. The van der Waals surface area contributed by atoms with Crippen molar-refractivity contribution in [2.24, 2.45) is 0 Å². The molecular formula is C21H33NO3. The highest BCUT2D eigenvalue weighted by Gasteiger charge is 2.17. The average molecular weight is 347 g/mol. The predicted molar refractivity (Wildman–Crippen MR) is 104 cm³/mol. The van der Waals surface area contributed by atoms with Crippen LogP contribution in [0.25, 0.3) is 0 Å². The maximum atomic E-state index is 10.9. The number of carbonyl (C=O) groups is 1. The third kappa shape index (κ3) is 5.80. The molecule has 1 aromatic carbocycles. The first-order valence-electron chi connectivity index (χ1n) is 8.94. The van der Waals surface area contributed by atoms with Gasteiger partial charge in [0.15, 0.2) is 0 Å². The van der Waals surface area contributed by atoms with Gasteiger partial charge in [-0.3, -0.25) is 4.79 Å². The minimum Gasteiger partial charge on any atom is -0.496 e. The molecule has 0 heterocycles. The fourth-order valence-corrected chi connectivity index (χ4v) is 3.16. The zero-order chi connectivity index (χ0) is 19.0. The van der Waals surface area contributed by atoms with Gasteiger partial charge in [0.1, 0.15) is 11.5 Å². The first-order chi connectivity index (χ1) is 11.8. The Balaban J connectivity index is 2.81. The summed E-state index contributed by atoms with van der Waals surface area (Å²) < 4.78 is 11.3. The summed E-state index contributed by atoms with van der Waals surface area (Å²) in [7, 11) is 3.46. The number of rotatable bonds is 9. The number of amides is 1. The second-order valence-corrected chi connectivity index (χ2v) is 6.61. The van der Waals surface area contributed by atoms with Crippen LogP contribution in [0.1, 0.15) is 55.4 Å². The van der Waals surface area contributed by atoms with Crippen LogP contribution in [0.2, 0.25) is 0 Å². The van der Waals surface area contributed by atoms with Crippen LogP contribution in [0.3, 0.4) is 0 Å². The molecule has 0 saturated heterocycles. The predicted octanol–water partition coefficient (Wildman–Crippen LogP) is 4.42. The molecule has 1 N–H and O–H groups in total. The Labute approximate surface area is 152 Å². The van der Waals surface area contributed by atoms with Gasteiger partial charge in [-0.05, 0) is 70.1 Å². The van der Waals surface area contributed by atoms with Crippen LogP contribution in [-0.4, -0.2) is 26.7 Å². The van der Waals surface area contributed by atoms with E-state index in [0.29, 0.717) is 0 Å². The number of nitrogens with one attached hydrogen (secondary N) is 1. The molecule has 140 valence electrons. The van der Waals surface area contributed by atoms with E-state index in [9.17, 15) is 4.79 Å². The largest absolute Gasteiger partial charge is 0.496 e. The monoisotopic (exact) mass is 347 g/mol. The van der Waals surface area contributed by atoms with Crippen molar-refractivity contribution in [3.8, 4) is 11.5 Å². The Bertz CT molecular complexity index is 633. The van der Waals surface area contributed by atoms with E-state index < -0.39 is 0 Å². The molecule has 0 saturated carbocycles. The van der Waals surface area contributed by atoms with E-state index in [4.69, 9.17) is 9.47 Å². The van der Waals surface area contributed by atoms with Gasteiger partial charge in [0.25, 0.3) is 0 Å². The summed E-state index contributed by atoms with van der Waals surface area (Å²) in [5.74, 6) is 1.96. The molecule has 0 atom stereocenters. The Hall–Kier alpha value is -1.97. The van der Waals surface area contributed by atoms with E-state index in [1.54, 1.807) is 21.1 Å². The van der Waals surface area contributed by atoms with Gasteiger partial charge in [-0.1, -0.05) is 11.6 Å². The molecule has 0 aliphatic rings. The van der Waals surface area contributed by atoms with Gasteiger partial charge in [-0.25, -0.2) is 0 Å². The topological polar surface area (TPSA) is 47.6 Å². The summed E-state index contributed by atoms with van der Waals surface area (Å²) in [6, 6.07) is 0. The van der Waals surface area contributed by atoms with Crippen molar-refractivity contribution in [1.29, 1.82) is 0 Å². The highest BCUT2D eigenvalue weighted by atomic mass is 16.5. The van der Waals surface area contributed by atoms with Gasteiger partial charge in [0.05, 0.1) is 14.2 Å². The van der Waals surface area contributed by atoms with Crippen molar-refractivity contribution in [3.05, 3.63) is 33.9 Å². The Morgan fingerprint density at radius 1 is 0.960 bits per heavy atom. The molecule has 0 unspecified atom stereocenters. The molecule has 0 aliphatic heterocycles. The summed E-state index contributed by atoms with van der Waals surface area (Å²) in [5, 5.41) is 2.83. The molecule has 4 nitrogen and oxygen atoms in total.